The smallest absolute Gasteiger partial charge is 0.337 e. The van der Waals surface area contributed by atoms with Crippen molar-refractivity contribution in [3.8, 4) is 0 Å². The van der Waals surface area contributed by atoms with E-state index in [2.05, 4.69) is 4.90 Å². The molecular formula is C20H23ClN2O4. The van der Waals surface area contributed by atoms with Gasteiger partial charge < -0.3 is 14.5 Å². The zero-order valence-corrected chi connectivity index (χ0v) is 16.1. The van der Waals surface area contributed by atoms with Crippen LogP contribution in [0.1, 0.15) is 46.4 Å². The third kappa shape index (κ3) is 3.87. The largest absolute Gasteiger partial charge is 0.465 e. The van der Waals surface area contributed by atoms with Crippen molar-refractivity contribution in [2.24, 2.45) is 11.8 Å². The van der Waals surface area contributed by atoms with Crippen molar-refractivity contribution in [1.82, 2.24) is 4.90 Å². The van der Waals surface area contributed by atoms with E-state index in [9.17, 15) is 14.4 Å². The van der Waals surface area contributed by atoms with Crippen LogP contribution in [0, 0.1) is 11.8 Å². The third-order valence-corrected chi connectivity index (χ3v) is 5.81. The quantitative estimate of drug-likeness (QED) is 0.504. The number of carbonyl (C=O) groups is 3. The first kappa shape index (κ1) is 18.4. The summed E-state index contributed by atoms with van der Waals surface area (Å²) in [6.07, 6.45) is 5.12. The summed E-state index contributed by atoms with van der Waals surface area (Å²) in [6.45, 7) is 3.24. The van der Waals surface area contributed by atoms with Crippen LogP contribution in [0.4, 0.5) is 5.69 Å². The molecule has 0 radical (unpaired) electrons. The molecule has 0 bridgehead atoms. The molecule has 1 heterocycles. The number of fused-ring (bicyclic) bond motifs is 1. The van der Waals surface area contributed by atoms with Crippen LogP contribution in [0.5, 0.6) is 0 Å². The van der Waals surface area contributed by atoms with Crippen LogP contribution in [0.15, 0.2) is 12.1 Å². The number of halogens is 1. The van der Waals surface area contributed by atoms with Crippen LogP contribution >= 0.6 is 11.6 Å². The molecule has 144 valence electrons. The van der Waals surface area contributed by atoms with Crippen molar-refractivity contribution in [1.29, 1.82) is 0 Å². The second-order valence-corrected chi connectivity index (χ2v) is 8.18. The number of benzene rings is 1. The van der Waals surface area contributed by atoms with Gasteiger partial charge in [-0.05, 0) is 49.7 Å². The minimum Gasteiger partial charge on any atom is -0.465 e. The Morgan fingerprint density at radius 1 is 1.19 bits per heavy atom. The Bertz CT molecular complexity index is 787. The Morgan fingerprint density at radius 3 is 2.37 bits per heavy atom. The number of esters is 1. The number of hydrogen-bond acceptors (Lipinski definition) is 5. The van der Waals surface area contributed by atoms with E-state index >= 15 is 0 Å². The number of nitrogens with zero attached hydrogens (tertiary/aromatic N) is 2. The second-order valence-electron chi connectivity index (χ2n) is 7.78. The standard InChI is InChI=1S/C20H23ClN2O4/c1-27-20(26)14-8-15(21)17-16(9-14)23(19(25)18(17)24)7-6-22(10-12-2-3-12)11-13-4-5-13/h8-9,12-13H,2-7,10-11H2,1H3. The predicted octanol–water partition coefficient (Wildman–Crippen LogP) is 2.78. The van der Waals surface area contributed by atoms with Gasteiger partial charge in [0.15, 0.2) is 0 Å². The van der Waals surface area contributed by atoms with Gasteiger partial charge in [-0.25, -0.2) is 4.79 Å². The summed E-state index contributed by atoms with van der Waals surface area (Å²) in [5, 5.41) is 0.113. The molecule has 2 fully saturated rings. The first-order chi connectivity index (χ1) is 13.0. The maximum Gasteiger partial charge on any atom is 0.337 e. The van der Waals surface area contributed by atoms with E-state index in [1.807, 2.05) is 0 Å². The van der Waals surface area contributed by atoms with Crippen molar-refractivity contribution in [3.05, 3.63) is 28.3 Å². The lowest BCUT2D eigenvalue weighted by Crippen LogP contribution is -2.39. The minimum atomic E-state index is -0.609. The normalized spacial score (nSPS) is 19.0. The summed E-state index contributed by atoms with van der Waals surface area (Å²) in [7, 11) is 1.28. The third-order valence-electron chi connectivity index (χ3n) is 5.51. The molecule has 2 saturated carbocycles. The van der Waals surface area contributed by atoms with E-state index < -0.39 is 17.7 Å². The lowest BCUT2D eigenvalue weighted by atomic mass is 10.1. The maximum atomic E-state index is 12.5. The summed E-state index contributed by atoms with van der Waals surface area (Å²) >= 11 is 6.20. The predicted molar refractivity (Wildman–Crippen MR) is 101 cm³/mol. The first-order valence-corrected chi connectivity index (χ1v) is 9.86. The molecule has 2 aliphatic carbocycles. The maximum absolute atomic E-state index is 12.5. The summed E-state index contributed by atoms with van der Waals surface area (Å²) in [5.74, 6) is -0.191. The molecule has 3 aliphatic rings. The fourth-order valence-corrected chi connectivity index (χ4v) is 3.96. The number of methoxy groups -OCH3 is 1. The van der Waals surface area contributed by atoms with Gasteiger partial charge in [0.25, 0.3) is 11.7 Å². The van der Waals surface area contributed by atoms with E-state index in [0.717, 1.165) is 24.9 Å². The number of amides is 1. The highest BCUT2D eigenvalue weighted by atomic mass is 35.5. The highest BCUT2D eigenvalue weighted by molar-refractivity contribution is 6.55. The lowest BCUT2D eigenvalue weighted by Gasteiger charge is -2.25. The summed E-state index contributed by atoms with van der Waals surface area (Å²) in [6, 6.07) is 2.91. The molecule has 6 nitrogen and oxygen atoms in total. The highest BCUT2D eigenvalue weighted by Crippen LogP contribution is 2.37. The molecule has 7 heteroatoms. The Kier molecular flexibility index (Phi) is 4.95. The van der Waals surface area contributed by atoms with Crippen molar-refractivity contribution in [2.75, 3.05) is 38.2 Å². The van der Waals surface area contributed by atoms with E-state index in [-0.39, 0.29) is 16.1 Å². The second kappa shape index (κ2) is 7.24. The zero-order chi connectivity index (χ0) is 19.1. The molecule has 0 unspecified atom stereocenters. The molecule has 0 spiro atoms. The highest BCUT2D eigenvalue weighted by Gasteiger charge is 2.39. The molecule has 27 heavy (non-hydrogen) atoms. The van der Waals surface area contributed by atoms with E-state index in [1.54, 1.807) is 0 Å². The Balaban J connectivity index is 1.54. The van der Waals surface area contributed by atoms with Crippen molar-refractivity contribution in [2.45, 2.75) is 25.7 Å². The summed E-state index contributed by atoms with van der Waals surface area (Å²) < 4.78 is 4.75. The molecule has 1 aromatic carbocycles. The van der Waals surface area contributed by atoms with Crippen molar-refractivity contribution < 1.29 is 19.1 Å². The SMILES string of the molecule is COC(=O)c1cc(Cl)c2c(c1)N(CCN(CC1CC1)CC1CC1)C(=O)C2=O. The molecule has 0 N–H and O–H groups in total. The van der Waals surface area contributed by atoms with Crippen LogP contribution < -0.4 is 4.90 Å². The summed E-state index contributed by atoms with van der Waals surface area (Å²) in [4.78, 5) is 40.7. The Hall–Kier alpha value is -1.92. The number of hydrogen-bond donors (Lipinski definition) is 0. The van der Waals surface area contributed by atoms with E-state index in [4.69, 9.17) is 16.3 Å². The minimum absolute atomic E-state index is 0.113. The lowest BCUT2D eigenvalue weighted by molar-refractivity contribution is -0.114. The van der Waals surface area contributed by atoms with E-state index in [1.165, 1.54) is 49.8 Å². The van der Waals surface area contributed by atoms with E-state index in [0.29, 0.717) is 18.8 Å². The van der Waals surface area contributed by atoms with Gasteiger partial charge >= 0.3 is 5.97 Å². The Morgan fingerprint density at radius 2 is 1.81 bits per heavy atom. The zero-order valence-electron chi connectivity index (χ0n) is 15.4. The number of rotatable bonds is 8. The number of carbonyl (C=O) groups excluding carboxylic acids is 3. The van der Waals surface area contributed by atoms with Crippen molar-refractivity contribution in [3.63, 3.8) is 0 Å². The van der Waals surface area contributed by atoms with Gasteiger partial charge in [-0.2, -0.15) is 0 Å². The van der Waals surface area contributed by atoms with Crippen LogP contribution in [0.2, 0.25) is 5.02 Å². The van der Waals surface area contributed by atoms with Crippen LogP contribution in [-0.2, 0) is 9.53 Å². The van der Waals surface area contributed by atoms with Gasteiger partial charge in [-0.1, -0.05) is 11.6 Å². The van der Waals surface area contributed by atoms with Crippen LogP contribution in [0.25, 0.3) is 0 Å². The van der Waals surface area contributed by atoms with Crippen LogP contribution in [-0.4, -0.2) is 55.8 Å². The van der Waals surface area contributed by atoms with Gasteiger partial charge in [0.1, 0.15) is 0 Å². The molecule has 0 aromatic heterocycles. The average molecular weight is 391 g/mol. The van der Waals surface area contributed by atoms with Crippen LogP contribution in [0.3, 0.4) is 0 Å². The first-order valence-electron chi connectivity index (χ1n) is 9.48. The molecular weight excluding hydrogens is 368 g/mol. The van der Waals surface area contributed by atoms with Gasteiger partial charge in [-0.3, -0.25) is 9.59 Å². The average Bonchev–Trinajstić information content (AvgIpc) is 3.56. The molecule has 1 amide bonds. The fourth-order valence-electron chi connectivity index (χ4n) is 3.66. The monoisotopic (exact) mass is 390 g/mol. The van der Waals surface area contributed by atoms with Crippen molar-refractivity contribution >= 4 is 34.9 Å². The number of ketones is 1. The van der Waals surface area contributed by atoms with Gasteiger partial charge in [-0.15, -0.1) is 0 Å². The number of Topliss-reactive ketones (excluding diaryl/α,β-unsaturated/α-hetero) is 1. The molecule has 4 rings (SSSR count). The molecule has 1 aromatic rings. The van der Waals surface area contributed by atoms with Gasteiger partial charge in [0, 0.05) is 26.2 Å². The van der Waals surface area contributed by atoms with Gasteiger partial charge in [0.05, 0.1) is 28.9 Å². The molecule has 0 atom stereocenters. The fraction of sp³-hybridized carbons (Fsp3) is 0.550. The summed E-state index contributed by atoms with van der Waals surface area (Å²) in [5.41, 5.74) is 0.836. The number of ether oxygens (including phenoxy) is 1. The topological polar surface area (TPSA) is 66.9 Å². The molecule has 0 saturated heterocycles. The number of anilines is 1. The van der Waals surface area contributed by atoms with Gasteiger partial charge in [0.2, 0.25) is 0 Å². The molecule has 1 aliphatic heterocycles. The Labute approximate surface area is 163 Å².